The maximum absolute atomic E-state index is 11.8. The Labute approximate surface area is 131 Å². The Kier molecular flexibility index (Phi) is 5.05. The third kappa shape index (κ3) is 4.19. The molecular formula is C16H22N2O3S. The highest BCUT2D eigenvalue weighted by atomic mass is 32.2. The molecule has 0 aromatic heterocycles. The van der Waals surface area contributed by atoms with Gasteiger partial charge < -0.3 is 10.5 Å². The van der Waals surface area contributed by atoms with Crippen molar-refractivity contribution in [2.45, 2.75) is 37.7 Å². The van der Waals surface area contributed by atoms with E-state index in [1.165, 1.54) is 0 Å². The summed E-state index contributed by atoms with van der Waals surface area (Å²) < 4.78 is 29.1. The van der Waals surface area contributed by atoms with E-state index in [2.05, 4.69) is 0 Å². The first kappa shape index (κ1) is 16.7. The van der Waals surface area contributed by atoms with Gasteiger partial charge in [0.1, 0.15) is 0 Å². The molecule has 0 spiro atoms. The van der Waals surface area contributed by atoms with Gasteiger partial charge in [0.15, 0.2) is 0 Å². The van der Waals surface area contributed by atoms with Gasteiger partial charge in [0, 0.05) is 12.3 Å². The minimum Gasteiger partial charge on any atom is -0.399 e. The van der Waals surface area contributed by atoms with E-state index in [1.807, 2.05) is 26.0 Å². The van der Waals surface area contributed by atoms with Crippen molar-refractivity contribution in [3.8, 4) is 0 Å². The zero-order chi connectivity index (χ0) is 16.3. The van der Waals surface area contributed by atoms with Crippen molar-refractivity contribution in [2.24, 2.45) is 5.14 Å². The predicted molar refractivity (Wildman–Crippen MR) is 89.1 cm³/mol. The summed E-state index contributed by atoms with van der Waals surface area (Å²) in [4.78, 5) is 0.175. The number of rotatable bonds is 6. The zero-order valence-electron chi connectivity index (χ0n) is 12.9. The van der Waals surface area contributed by atoms with Crippen molar-refractivity contribution in [2.75, 3.05) is 12.3 Å². The number of primary sulfonamides is 1. The molecule has 0 amide bonds. The van der Waals surface area contributed by atoms with Crippen LogP contribution in [0.1, 0.15) is 25.8 Å². The molecule has 0 aliphatic heterocycles. The largest absolute Gasteiger partial charge is 0.399 e. The number of aryl methyl sites for hydroxylation is 1. The van der Waals surface area contributed by atoms with Crippen LogP contribution in [0.25, 0.3) is 10.8 Å². The van der Waals surface area contributed by atoms with Gasteiger partial charge in [-0.3, -0.25) is 0 Å². The second-order valence-electron chi connectivity index (χ2n) is 5.63. The first-order chi connectivity index (χ1) is 10.3. The summed E-state index contributed by atoms with van der Waals surface area (Å²) in [5.74, 6) is 0. The number of ether oxygens (including phenoxy) is 1. The molecule has 0 aliphatic carbocycles. The van der Waals surface area contributed by atoms with Crippen LogP contribution in [0.5, 0.6) is 0 Å². The fourth-order valence-electron chi connectivity index (χ4n) is 2.38. The molecule has 2 aromatic rings. The van der Waals surface area contributed by atoms with Crippen molar-refractivity contribution in [1.82, 2.24) is 0 Å². The average molecular weight is 322 g/mol. The molecule has 22 heavy (non-hydrogen) atoms. The number of fused-ring (bicyclic) bond motifs is 1. The lowest BCUT2D eigenvalue weighted by Gasteiger charge is -2.12. The molecule has 6 heteroatoms. The monoisotopic (exact) mass is 322 g/mol. The third-order valence-corrected chi connectivity index (χ3v) is 4.38. The van der Waals surface area contributed by atoms with E-state index in [-0.39, 0.29) is 11.0 Å². The van der Waals surface area contributed by atoms with Crippen molar-refractivity contribution in [3.63, 3.8) is 0 Å². The van der Waals surface area contributed by atoms with Crippen LogP contribution in [0.15, 0.2) is 35.2 Å². The van der Waals surface area contributed by atoms with Crippen LogP contribution in [-0.4, -0.2) is 21.1 Å². The number of nitrogens with two attached hydrogens (primary N) is 2. The van der Waals surface area contributed by atoms with Gasteiger partial charge in [-0.25, -0.2) is 13.6 Å². The van der Waals surface area contributed by atoms with E-state index in [4.69, 9.17) is 15.6 Å². The van der Waals surface area contributed by atoms with Crippen molar-refractivity contribution in [1.29, 1.82) is 0 Å². The summed E-state index contributed by atoms with van der Waals surface area (Å²) >= 11 is 0. The van der Waals surface area contributed by atoms with Crippen molar-refractivity contribution >= 4 is 26.5 Å². The first-order valence-electron chi connectivity index (χ1n) is 7.24. The quantitative estimate of drug-likeness (QED) is 0.630. The molecular weight excluding hydrogens is 300 g/mol. The van der Waals surface area contributed by atoms with Crippen LogP contribution in [0.3, 0.4) is 0 Å². The summed E-state index contributed by atoms with van der Waals surface area (Å²) in [5, 5.41) is 7.06. The molecule has 0 atom stereocenters. The second kappa shape index (κ2) is 6.64. The highest BCUT2D eigenvalue weighted by Crippen LogP contribution is 2.25. The predicted octanol–water partition coefficient (Wildman–Crippen LogP) is 2.43. The fourth-order valence-corrected chi connectivity index (χ4v) is 3.20. The Hall–Kier alpha value is -1.63. The van der Waals surface area contributed by atoms with Crippen molar-refractivity contribution in [3.05, 3.63) is 35.9 Å². The Morgan fingerprint density at radius 2 is 1.86 bits per heavy atom. The van der Waals surface area contributed by atoms with E-state index in [0.717, 1.165) is 17.2 Å². The molecule has 5 nitrogen and oxygen atoms in total. The maximum atomic E-state index is 11.8. The number of hydrogen-bond acceptors (Lipinski definition) is 4. The minimum atomic E-state index is -3.76. The molecule has 0 bridgehead atoms. The fraction of sp³-hybridized carbons (Fsp3) is 0.375. The molecule has 0 aliphatic rings. The SMILES string of the molecule is CC(C)OCCCc1cc2cc(N)ccc2cc1S(N)(=O)=O. The summed E-state index contributed by atoms with van der Waals surface area (Å²) in [6.45, 7) is 4.51. The number of sulfonamides is 1. The van der Waals surface area contributed by atoms with Gasteiger partial charge >= 0.3 is 0 Å². The Balaban J connectivity index is 2.36. The van der Waals surface area contributed by atoms with Crippen LogP contribution >= 0.6 is 0 Å². The molecule has 2 aromatic carbocycles. The van der Waals surface area contributed by atoms with Crippen LogP contribution < -0.4 is 10.9 Å². The topological polar surface area (TPSA) is 95.4 Å². The average Bonchev–Trinajstić information content (AvgIpc) is 2.41. The smallest absolute Gasteiger partial charge is 0.238 e. The van der Waals surface area contributed by atoms with Gasteiger partial charge in [0.2, 0.25) is 10.0 Å². The molecule has 0 radical (unpaired) electrons. The molecule has 0 fully saturated rings. The molecule has 0 saturated carbocycles. The Morgan fingerprint density at radius 1 is 1.14 bits per heavy atom. The highest BCUT2D eigenvalue weighted by molar-refractivity contribution is 7.89. The molecule has 4 N–H and O–H groups in total. The minimum absolute atomic E-state index is 0.161. The molecule has 2 rings (SSSR count). The Bertz CT molecular complexity index is 770. The van der Waals surface area contributed by atoms with Gasteiger partial charge in [0.05, 0.1) is 11.0 Å². The van der Waals surface area contributed by atoms with Crippen LogP contribution in [0.4, 0.5) is 5.69 Å². The highest BCUT2D eigenvalue weighted by Gasteiger charge is 2.15. The summed E-state index contributed by atoms with van der Waals surface area (Å²) in [6.07, 6.45) is 1.48. The maximum Gasteiger partial charge on any atom is 0.238 e. The Morgan fingerprint density at radius 3 is 2.50 bits per heavy atom. The van der Waals surface area contributed by atoms with Crippen LogP contribution in [-0.2, 0) is 21.2 Å². The summed E-state index contributed by atoms with van der Waals surface area (Å²) in [5.41, 5.74) is 7.14. The number of hydrogen-bond donors (Lipinski definition) is 2. The molecule has 0 saturated heterocycles. The van der Waals surface area contributed by atoms with Gasteiger partial charge in [0.25, 0.3) is 0 Å². The van der Waals surface area contributed by atoms with Crippen LogP contribution in [0, 0.1) is 0 Å². The van der Waals surface area contributed by atoms with Gasteiger partial charge in [-0.05, 0) is 67.3 Å². The van der Waals surface area contributed by atoms with Gasteiger partial charge in [-0.15, -0.1) is 0 Å². The second-order valence-corrected chi connectivity index (χ2v) is 7.16. The normalized spacial score (nSPS) is 12.2. The number of benzene rings is 2. The molecule has 120 valence electrons. The third-order valence-electron chi connectivity index (χ3n) is 3.39. The molecule has 0 unspecified atom stereocenters. The lowest BCUT2D eigenvalue weighted by Crippen LogP contribution is -2.15. The molecule has 0 heterocycles. The van der Waals surface area contributed by atoms with Gasteiger partial charge in [-0.1, -0.05) is 6.07 Å². The number of nitrogen functional groups attached to an aromatic ring is 1. The lowest BCUT2D eigenvalue weighted by molar-refractivity contribution is 0.0771. The number of anilines is 1. The van der Waals surface area contributed by atoms with Crippen LogP contribution in [0.2, 0.25) is 0 Å². The van der Waals surface area contributed by atoms with E-state index in [0.29, 0.717) is 24.3 Å². The van der Waals surface area contributed by atoms with E-state index in [9.17, 15) is 8.42 Å². The van der Waals surface area contributed by atoms with Crippen molar-refractivity contribution < 1.29 is 13.2 Å². The zero-order valence-corrected chi connectivity index (χ0v) is 13.7. The lowest BCUT2D eigenvalue weighted by atomic mass is 10.0. The van der Waals surface area contributed by atoms with E-state index >= 15 is 0 Å². The first-order valence-corrected chi connectivity index (χ1v) is 8.78. The summed E-state index contributed by atoms with van der Waals surface area (Å²) in [6, 6.07) is 8.83. The van der Waals surface area contributed by atoms with E-state index < -0.39 is 10.0 Å². The standard InChI is InChI=1S/C16H22N2O3S/c1-11(2)21-7-3-4-13-8-14-9-15(17)6-5-12(14)10-16(13)22(18,19)20/h5-6,8-11H,3-4,7,17H2,1-2H3,(H2,18,19,20). The summed E-state index contributed by atoms with van der Waals surface area (Å²) in [7, 11) is -3.76. The van der Waals surface area contributed by atoms with Gasteiger partial charge in [-0.2, -0.15) is 0 Å². The van der Waals surface area contributed by atoms with E-state index in [1.54, 1.807) is 18.2 Å².